The van der Waals surface area contributed by atoms with E-state index in [1.54, 1.807) is 0 Å². The van der Waals surface area contributed by atoms with Gasteiger partial charge < -0.3 is 10.6 Å². The van der Waals surface area contributed by atoms with Crippen LogP contribution in [0.5, 0.6) is 0 Å². The Morgan fingerprint density at radius 2 is 2.23 bits per heavy atom. The second-order valence-corrected chi connectivity index (χ2v) is 9.98. The smallest absolute Gasteiger partial charge is 0.191 e. The van der Waals surface area contributed by atoms with Crippen LogP contribution in [-0.2, 0) is 22.7 Å². The predicted octanol–water partition coefficient (Wildman–Crippen LogP) is 1.31. The topological polar surface area (TPSA) is 88.4 Å². The number of fused-ring (bicyclic) bond motifs is 1. The van der Waals surface area contributed by atoms with Gasteiger partial charge in [0.05, 0.1) is 17.2 Å². The minimum Gasteiger partial charge on any atom is -0.357 e. The molecule has 1 fully saturated rings. The summed E-state index contributed by atoms with van der Waals surface area (Å²) in [7, 11) is -2.84. The summed E-state index contributed by atoms with van der Waals surface area (Å²) in [5.74, 6) is 1.51. The summed E-state index contributed by atoms with van der Waals surface area (Å²) in [5.41, 5.74) is 2.54. The van der Waals surface area contributed by atoms with E-state index in [9.17, 15) is 8.42 Å². The molecule has 1 aromatic heterocycles. The molecule has 1 aromatic rings. The van der Waals surface area contributed by atoms with Gasteiger partial charge in [0, 0.05) is 37.8 Å². The van der Waals surface area contributed by atoms with Crippen molar-refractivity contribution >= 4 is 15.8 Å². The van der Waals surface area contributed by atoms with Gasteiger partial charge in [-0.2, -0.15) is 5.10 Å². The molecule has 2 heterocycles. The van der Waals surface area contributed by atoms with Crippen LogP contribution < -0.4 is 10.6 Å². The van der Waals surface area contributed by atoms with Gasteiger partial charge in [-0.05, 0) is 51.5 Å². The SMILES string of the molecule is CCNC(=NCC1CCS(=O)(=O)C1)NC1CCc2cn(C(C)C)nc2C1. The molecule has 3 rings (SSSR count). The van der Waals surface area contributed by atoms with E-state index in [2.05, 4.69) is 35.7 Å². The molecule has 0 amide bonds. The number of aryl methyl sites for hydroxylation is 1. The average molecular weight is 382 g/mol. The number of aliphatic imine (C=N–C) groups is 1. The van der Waals surface area contributed by atoms with Crippen molar-refractivity contribution in [3.8, 4) is 0 Å². The minimum atomic E-state index is -2.84. The largest absolute Gasteiger partial charge is 0.357 e. The molecular formula is C18H31N5O2S. The predicted molar refractivity (Wildman–Crippen MR) is 104 cm³/mol. The Bertz CT molecular complexity index is 754. The number of hydrogen-bond acceptors (Lipinski definition) is 4. The van der Waals surface area contributed by atoms with E-state index in [1.807, 2.05) is 11.6 Å². The molecule has 2 unspecified atom stereocenters. The first-order valence-electron chi connectivity index (χ1n) is 9.68. The number of rotatable bonds is 5. The molecule has 7 nitrogen and oxygen atoms in total. The van der Waals surface area contributed by atoms with Crippen molar-refractivity contribution in [2.45, 2.75) is 58.5 Å². The third-order valence-electron chi connectivity index (χ3n) is 5.15. The minimum absolute atomic E-state index is 0.148. The second kappa shape index (κ2) is 7.98. The van der Waals surface area contributed by atoms with Crippen LogP contribution in [0, 0.1) is 5.92 Å². The number of nitrogens with zero attached hydrogens (tertiary/aromatic N) is 3. The molecule has 2 atom stereocenters. The van der Waals surface area contributed by atoms with Gasteiger partial charge in [0.1, 0.15) is 0 Å². The quantitative estimate of drug-likeness (QED) is 0.593. The monoisotopic (exact) mass is 381 g/mol. The van der Waals surface area contributed by atoms with Crippen LogP contribution in [0.1, 0.15) is 50.9 Å². The van der Waals surface area contributed by atoms with E-state index in [0.717, 1.165) is 38.2 Å². The fraction of sp³-hybridized carbons (Fsp3) is 0.778. The number of sulfone groups is 1. The van der Waals surface area contributed by atoms with Gasteiger partial charge in [-0.3, -0.25) is 9.67 Å². The first-order chi connectivity index (χ1) is 12.4. The van der Waals surface area contributed by atoms with Gasteiger partial charge in [0.25, 0.3) is 0 Å². The van der Waals surface area contributed by atoms with Crippen LogP contribution in [0.25, 0.3) is 0 Å². The van der Waals surface area contributed by atoms with Crippen molar-refractivity contribution in [3.63, 3.8) is 0 Å². The zero-order valence-corrected chi connectivity index (χ0v) is 16.8. The zero-order valence-electron chi connectivity index (χ0n) is 16.0. The maximum Gasteiger partial charge on any atom is 0.191 e. The molecule has 2 aliphatic rings. The molecule has 0 radical (unpaired) electrons. The van der Waals surface area contributed by atoms with E-state index >= 15 is 0 Å². The van der Waals surface area contributed by atoms with Gasteiger partial charge >= 0.3 is 0 Å². The van der Waals surface area contributed by atoms with Crippen molar-refractivity contribution in [2.75, 3.05) is 24.6 Å². The molecule has 1 saturated heterocycles. The van der Waals surface area contributed by atoms with Crippen LogP contribution in [0.3, 0.4) is 0 Å². The molecule has 2 N–H and O–H groups in total. The van der Waals surface area contributed by atoms with Crippen LogP contribution in [0.4, 0.5) is 0 Å². The fourth-order valence-corrected chi connectivity index (χ4v) is 5.50. The van der Waals surface area contributed by atoms with Crippen molar-refractivity contribution in [1.29, 1.82) is 0 Å². The van der Waals surface area contributed by atoms with E-state index < -0.39 is 9.84 Å². The molecule has 0 spiro atoms. The van der Waals surface area contributed by atoms with Crippen molar-refractivity contribution in [3.05, 3.63) is 17.5 Å². The summed E-state index contributed by atoms with van der Waals surface area (Å²) in [6, 6.07) is 0.691. The molecular weight excluding hydrogens is 350 g/mol. The summed E-state index contributed by atoms with van der Waals surface area (Å²) >= 11 is 0. The Balaban J connectivity index is 1.60. The Morgan fingerprint density at radius 3 is 2.88 bits per heavy atom. The summed E-state index contributed by atoms with van der Waals surface area (Å²) in [6.45, 7) is 7.68. The maximum absolute atomic E-state index is 11.6. The Hall–Kier alpha value is -1.57. The van der Waals surface area contributed by atoms with Gasteiger partial charge in [-0.15, -0.1) is 0 Å². The molecule has 8 heteroatoms. The summed E-state index contributed by atoms with van der Waals surface area (Å²) in [5, 5.41) is 11.5. The molecule has 146 valence electrons. The normalized spacial score (nSPS) is 25.3. The number of aromatic nitrogens is 2. The zero-order chi connectivity index (χ0) is 18.7. The van der Waals surface area contributed by atoms with Crippen LogP contribution in [0.2, 0.25) is 0 Å². The first-order valence-corrected chi connectivity index (χ1v) is 11.5. The lowest BCUT2D eigenvalue weighted by Crippen LogP contribution is -2.46. The second-order valence-electron chi connectivity index (χ2n) is 7.75. The van der Waals surface area contributed by atoms with E-state index in [1.165, 1.54) is 11.3 Å². The third-order valence-corrected chi connectivity index (χ3v) is 6.98. The van der Waals surface area contributed by atoms with Crippen molar-refractivity contribution < 1.29 is 8.42 Å². The summed E-state index contributed by atoms with van der Waals surface area (Å²) < 4.78 is 25.3. The standard InChI is InChI=1S/C18H31N5O2S/c1-4-19-18(20-10-14-7-8-26(24,25)12-14)21-16-6-5-15-11-23(13(2)3)22-17(15)9-16/h11,13-14,16H,4-10,12H2,1-3H3,(H2,19,20,21). The van der Waals surface area contributed by atoms with Crippen LogP contribution in [0.15, 0.2) is 11.2 Å². The highest BCUT2D eigenvalue weighted by Gasteiger charge is 2.28. The fourth-order valence-electron chi connectivity index (χ4n) is 3.65. The lowest BCUT2D eigenvalue weighted by molar-refractivity contribution is 0.498. The third kappa shape index (κ3) is 4.78. The van der Waals surface area contributed by atoms with Gasteiger partial charge in [0.15, 0.2) is 15.8 Å². The van der Waals surface area contributed by atoms with Gasteiger partial charge in [0.2, 0.25) is 0 Å². The van der Waals surface area contributed by atoms with E-state index in [4.69, 9.17) is 5.10 Å². The molecule has 0 bridgehead atoms. The highest BCUT2D eigenvalue weighted by molar-refractivity contribution is 7.91. The summed E-state index contributed by atoms with van der Waals surface area (Å²) in [6.07, 6.45) is 5.89. The van der Waals surface area contributed by atoms with E-state index in [-0.39, 0.29) is 11.7 Å². The van der Waals surface area contributed by atoms with E-state index in [0.29, 0.717) is 24.4 Å². The average Bonchev–Trinajstić information content (AvgIpc) is 3.15. The number of guanidine groups is 1. The van der Waals surface area contributed by atoms with Crippen molar-refractivity contribution in [1.82, 2.24) is 20.4 Å². The lowest BCUT2D eigenvalue weighted by Gasteiger charge is -2.24. The maximum atomic E-state index is 11.6. The highest BCUT2D eigenvalue weighted by atomic mass is 32.2. The first kappa shape index (κ1) is 19.2. The van der Waals surface area contributed by atoms with Gasteiger partial charge in [-0.25, -0.2) is 8.42 Å². The Morgan fingerprint density at radius 1 is 1.42 bits per heavy atom. The number of nitrogens with one attached hydrogen (secondary N) is 2. The summed E-state index contributed by atoms with van der Waals surface area (Å²) in [4.78, 5) is 4.65. The Labute approximate surface area is 156 Å². The molecule has 0 saturated carbocycles. The van der Waals surface area contributed by atoms with Gasteiger partial charge in [-0.1, -0.05) is 0 Å². The molecule has 26 heavy (non-hydrogen) atoms. The molecule has 0 aromatic carbocycles. The highest BCUT2D eigenvalue weighted by Crippen LogP contribution is 2.22. The lowest BCUT2D eigenvalue weighted by atomic mass is 9.94. The van der Waals surface area contributed by atoms with Crippen LogP contribution in [-0.4, -0.2) is 54.8 Å². The molecule has 1 aliphatic carbocycles. The van der Waals surface area contributed by atoms with Crippen molar-refractivity contribution in [2.24, 2.45) is 10.9 Å². The Kier molecular flexibility index (Phi) is 5.89. The van der Waals surface area contributed by atoms with Crippen LogP contribution >= 0.6 is 0 Å². The number of hydrogen-bond donors (Lipinski definition) is 2. The molecule has 1 aliphatic heterocycles.